The number of benzene rings is 1. The summed E-state index contributed by atoms with van der Waals surface area (Å²) in [6.07, 6.45) is 2.42. The number of ether oxygens (including phenoxy) is 1. The molecule has 0 radical (unpaired) electrons. The van der Waals surface area contributed by atoms with E-state index in [9.17, 15) is 4.79 Å². The molecule has 1 aromatic carbocycles. The highest BCUT2D eigenvalue weighted by Gasteiger charge is 2.04. The first kappa shape index (κ1) is 13.2. The van der Waals surface area contributed by atoms with Crippen LogP contribution in [0.3, 0.4) is 0 Å². The highest BCUT2D eigenvalue weighted by molar-refractivity contribution is 9.10. The second kappa shape index (κ2) is 6.11. The molecule has 96 valence electrons. The minimum atomic E-state index is 0.00370. The fourth-order valence-corrected chi connectivity index (χ4v) is 2.12. The lowest BCUT2D eigenvalue weighted by Gasteiger charge is -2.06. The lowest BCUT2D eigenvalue weighted by molar-refractivity contribution is 0.141. The Morgan fingerprint density at radius 1 is 1.44 bits per heavy atom. The van der Waals surface area contributed by atoms with Gasteiger partial charge < -0.3 is 4.74 Å². The van der Waals surface area contributed by atoms with Crippen molar-refractivity contribution in [2.24, 2.45) is 0 Å². The first-order chi connectivity index (χ1) is 8.72. The number of nitrogens with zero attached hydrogens (tertiary/aromatic N) is 2. The van der Waals surface area contributed by atoms with Gasteiger partial charge in [-0.25, -0.2) is 4.98 Å². The molecule has 0 saturated carbocycles. The van der Waals surface area contributed by atoms with Gasteiger partial charge in [-0.15, -0.1) is 0 Å². The summed E-state index contributed by atoms with van der Waals surface area (Å²) in [5.74, 6) is 0. The summed E-state index contributed by atoms with van der Waals surface area (Å²) in [6.45, 7) is 3.97. The van der Waals surface area contributed by atoms with E-state index in [0.717, 1.165) is 16.4 Å². The van der Waals surface area contributed by atoms with Gasteiger partial charge in [-0.3, -0.25) is 9.36 Å². The molecule has 1 aromatic heterocycles. The summed E-state index contributed by atoms with van der Waals surface area (Å²) in [5, 5.41) is 0.650. The van der Waals surface area contributed by atoms with Crippen molar-refractivity contribution in [3.05, 3.63) is 39.4 Å². The van der Waals surface area contributed by atoms with Gasteiger partial charge in [-0.05, 0) is 31.5 Å². The first-order valence-corrected chi connectivity index (χ1v) is 6.74. The Balaban J connectivity index is 2.23. The fourth-order valence-electron chi connectivity index (χ4n) is 1.77. The number of hydrogen-bond donors (Lipinski definition) is 0. The molecule has 0 bridgehead atoms. The van der Waals surface area contributed by atoms with Crippen LogP contribution in [-0.4, -0.2) is 22.8 Å². The van der Waals surface area contributed by atoms with Crippen molar-refractivity contribution in [2.45, 2.75) is 19.9 Å². The summed E-state index contributed by atoms with van der Waals surface area (Å²) in [6, 6.07) is 5.50. The zero-order valence-corrected chi connectivity index (χ0v) is 11.8. The lowest BCUT2D eigenvalue weighted by Crippen LogP contribution is -2.21. The minimum absolute atomic E-state index is 0.00370. The Bertz CT molecular complexity index is 595. The zero-order chi connectivity index (χ0) is 13.0. The van der Waals surface area contributed by atoms with Crippen LogP contribution in [0.4, 0.5) is 0 Å². The van der Waals surface area contributed by atoms with E-state index in [1.807, 2.05) is 19.1 Å². The largest absolute Gasteiger partial charge is 0.382 e. The third kappa shape index (κ3) is 2.97. The van der Waals surface area contributed by atoms with Gasteiger partial charge in [0.1, 0.15) is 0 Å². The van der Waals surface area contributed by atoms with Gasteiger partial charge in [0.25, 0.3) is 5.56 Å². The second-order valence-corrected chi connectivity index (χ2v) is 4.87. The molecule has 0 saturated heterocycles. The molecular weight excluding hydrogens is 296 g/mol. The van der Waals surface area contributed by atoms with E-state index in [0.29, 0.717) is 25.1 Å². The topological polar surface area (TPSA) is 44.1 Å². The first-order valence-electron chi connectivity index (χ1n) is 5.95. The lowest BCUT2D eigenvalue weighted by atomic mass is 10.2. The Morgan fingerprint density at radius 3 is 3.06 bits per heavy atom. The van der Waals surface area contributed by atoms with Crippen molar-refractivity contribution in [3.63, 3.8) is 0 Å². The van der Waals surface area contributed by atoms with Crippen LogP contribution in [0.1, 0.15) is 13.3 Å². The van der Waals surface area contributed by atoms with Gasteiger partial charge in [0.15, 0.2) is 0 Å². The fraction of sp³-hybridized carbons (Fsp3) is 0.385. The second-order valence-electron chi connectivity index (χ2n) is 3.96. The van der Waals surface area contributed by atoms with Gasteiger partial charge in [0.2, 0.25) is 0 Å². The highest BCUT2D eigenvalue weighted by atomic mass is 79.9. The molecule has 2 aromatic rings. The summed E-state index contributed by atoms with van der Waals surface area (Å²) in [7, 11) is 0. The maximum Gasteiger partial charge on any atom is 0.261 e. The standard InChI is InChI=1S/C13H15BrN2O2/c1-2-18-7-3-6-16-9-15-12-8-10(14)4-5-11(12)13(16)17/h4-5,8-9H,2-3,6-7H2,1H3. The van der Waals surface area contributed by atoms with Gasteiger partial charge in [-0.1, -0.05) is 15.9 Å². The monoisotopic (exact) mass is 310 g/mol. The van der Waals surface area contributed by atoms with E-state index in [2.05, 4.69) is 20.9 Å². The van der Waals surface area contributed by atoms with Crippen molar-refractivity contribution in [1.82, 2.24) is 9.55 Å². The van der Waals surface area contributed by atoms with Crippen molar-refractivity contribution < 1.29 is 4.74 Å². The van der Waals surface area contributed by atoms with Crippen LogP contribution < -0.4 is 5.56 Å². The van der Waals surface area contributed by atoms with E-state index in [1.54, 1.807) is 17.0 Å². The average Bonchev–Trinajstić information content (AvgIpc) is 2.37. The van der Waals surface area contributed by atoms with Gasteiger partial charge in [-0.2, -0.15) is 0 Å². The third-order valence-electron chi connectivity index (χ3n) is 2.68. The number of hydrogen-bond acceptors (Lipinski definition) is 3. The van der Waals surface area contributed by atoms with Crippen LogP contribution in [0.2, 0.25) is 0 Å². The predicted octanol–water partition coefficient (Wildman–Crippen LogP) is 2.59. The third-order valence-corrected chi connectivity index (χ3v) is 3.17. The molecule has 0 spiro atoms. The number of rotatable bonds is 5. The molecule has 0 atom stereocenters. The van der Waals surface area contributed by atoms with Crippen molar-refractivity contribution >= 4 is 26.8 Å². The van der Waals surface area contributed by atoms with Crippen molar-refractivity contribution in [3.8, 4) is 0 Å². The Morgan fingerprint density at radius 2 is 2.28 bits per heavy atom. The Labute approximate surface area is 114 Å². The molecule has 1 heterocycles. The van der Waals surface area contributed by atoms with E-state index < -0.39 is 0 Å². The van der Waals surface area contributed by atoms with Gasteiger partial charge >= 0.3 is 0 Å². The molecule has 18 heavy (non-hydrogen) atoms. The van der Waals surface area contributed by atoms with E-state index >= 15 is 0 Å². The maximum absolute atomic E-state index is 12.2. The zero-order valence-electron chi connectivity index (χ0n) is 10.2. The molecule has 0 aliphatic heterocycles. The molecule has 0 fully saturated rings. The summed E-state index contributed by atoms with van der Waals surface area (Å²) in [5.41, 5.74) is 0.722. The summed E-state index contributed by atoms with van der Waals surface area (Å²) in [4.78, 5) is 16.5. The van der Waals surface area contributed by atoms with Crippen LogP contribution in [0.15, 0.2) is 33.8 Å². The molecule has 0 amide bonds. The minimum Gasteiger partial charge on any atom is -0.382 e. The number of aryl methyl sites for hydroxylation is 1. The molecule has 0 aliphatic rings. The number of halogens is 1. The van der Waals surface area contributed by atoms with Gasteiger partial charge in [0, 0.05) is 24.2 Å². The van der Waals surface area contributed by atoms with E-state index in [1.165, 1.54) is 0 Å². The molecule has 0 aliphatic carbocycles. The Hall–Kier alpha value is -1.20. The molecule has 5 heteroatoms. The van der Waals surface area contributed by atoms with Crippen LogP contribution >= 0.6 is 15.9 Å². The molecule has 0 unspecified atom stereocenters. The highest BCUT2D eigenvalue weighted by Crippen LogP contribution is 2.14. The Kier molecular flexibility index (Phi) is 4.49. The molecule has 0 N–H and O–H groups in total. The van der Waals surface area contributed by atoms with Crippen molar-refractivity contribution in [2.75, 3.05) is 13.2 Å². The van der Waals surface area contributed by atoms with Crippen LogP contribution in [-0.2, 0) is 11.3 Å². The maximum atomic E-state index is 12.2. The van der Waals surface area contributed by atoms with Crippen LogP contribution in [0, 0.1) is 0 Å². The van der Waals surface area contributed by atoms with Crippen molar-refractivity contribution in [1.29, 1.82) is 0 Å². The number of aromatic nitrogens is 2. The predicted molar refractivity (Wildman–Crippen MR) is 74.8 cm³/mol. The van der Waals surface area contributed by atoms with E-state index in [-0.39, 0.29) is 5.56 Å². The van der Waals surface area contributed by atoms with Gasteiger partial charge in [0.05, 0.1) is 17.2 Å². The summed E-state index contributed by atoms with van der Waals surface area (Å²) < 4.78 is 7.82. The summed E-state index contributed by atoms with van der Waals surface area (Å²) >= 11 is 3.37. The molecule has 4 nitrogen and oxygen atoms in total. The quantitative estimate of drug-likeness (QED) is 0.797. The molecular formula is C13H15BrN2O2. The van der Waals surface area contributed by atoms with Crippen LogP contribution in [0.25, 0.3) is 10.9 Å². The van der Waals surface area contributed by atoms with Crippen LogP contribution in [0.5, 0.6) is 0 Å². The smallest absolute Gasteiger partial charge is 0.261 e. The van der Waals surface area contributed by atoms with E-state index in [4.69, 9.17) is 4.74 Å². The normalized spacial score (nSPS) is 11.0. The SMILES string of the molecule is CCOCCCn1cnc2cc(Br)ccc2c1=O. The number of fused-ring (bicyclic) bond motifs is 1. The molecule has 2 rings (SSSR count). The average molecular weight is 311 g/mol.